The molecule has 1 aromatic carbocycles. The number of carbonyl (C=O) groups excluding carboxylic acids is 1. The molecule has 0 atom stereocenters. The largest absolute Gasteiger partial charge is 0.497 e. The Morgan fingerprint density at radius 2 is 1.84 bits per heavy atom. The van der Waals surface area contributed by atoms with E-state index in [0.717, 1.165) is 11.3 Å². The Balaban J connectivity index is 1.46. The molecule has 0 fully saturated rings. The van der Waals surface area contributed by atoms with E-state index in [4.69, 9.17) is 14.0 Å². The summed E-state index contributed by atoms with van der Waals surface area (Å²) in [6.07, 6.45) is 3.29. The summed E-state index contributed by atoms with van der Waals surface area (Å²) >= 11 is 0. The summed E-state index contributed by atoms with van der Waals surface area (Å²) in [6.45, 7) is 0.0145. The molecule has 0 saturated carbocycles. The predicted molar refractivity (Wildman–Crippen MR) is 87.9 cm³/mol. The van der Waals surface area contributed by atoms with E-state index in [-0.39, 0.29) is 19.1 Å². The second-order valence-electron chi connectivity index (χ2n) is 4.99. The van der Waals surface area contributed by atoms with Crippen LogP contribution in [-0.2, 0) is 11.3 Å². The number of pyridine rings is 1. The number of hydrogen-bond acceptors (Lipinski definition) is 7. The van der Waals surface area contributed by atoms with Crippen molar-refractivity contribution in [1.82, 2.24) is 20.4 Å². The number of methoxy groups -OCH3 is 1. The van der Waals surface area contributed by atoms with E-state index < -0.39 is 0 Å². The van der Waals surface area contributed by atoms with E-state index >= 15 is 0 Å². The van der Waals surface area contributed by atoms with Crippen LogP contribution in [0.15, 0.2) is 53.3 Å². The first kappa shape index (κ1) is 16.4. The molecule has 1 N–H and O–H groups in total. The van der Waals surface area contributed by atoms with Crippen LogP contribution in [0.2, 0.25) is 0 Å². The number of ether oxygens (including phenoxy) is 2. The number of carbonyl (C=O) groups is 1. The van der Waals surface area contributed by atoms with Gasteiger partial charge in [0.15, 0.2) is 6.61 Å². The molecular weight excluding hydrogens is 324 g/mol. The molecule has 0 aliphatic carbocycles. The lowest BCUT2D eigenvalue weighted by molar-refractivity contribution is -0.123. The molecule has 2 aromatic heterocycles. The second-order valence-corrected chi connectivity index (χ2v) is 4.99. The molecule has 1 amide bonds. The van der Waals surface area contributed by atoms with Crippen LogP contribution in [0, 0.1) is 0 Å². The Morgan fingerprint density at radius 1 is 1.12 bits per heavy atom. The molecule has 0 aliphatic heterocycles. The normalized spacial score (nSPS) is 10.3. The fourth-order valence-corrected chi connectivity index (χ4v) is 1.99. The summed E-state index contributed by atoms with van der Waals surface area (Å²) in [5, 5.41) is 6.53. The summed E-state index contributed by atoms with van der Waals surface area (Å²) in [7, 11) is 1.58. The highest BCUT2D eigenvalue weighted by atomic mass is 16.5. The number of aromatic nitrogens is 3. The first-order valence-corrected chi connectivity index (χ1v) is 7.51. The lowest BCUT2D eigenvalue weighted by atomic mass is 10.2. The third kappa shape index (κ3) is 4.54. The summed E-state index contributed by atoms with van der Waals surface area (Å²) in [5.74, 6) is 1.76. The molecule has 3 rings (SSSR count). The van der Waals surface area contributed by atoms with E-state index in [1.807, 2.05) is 0 Å². The topological polar surface area (TPSA) is 99.4 Å². The van der Waals surface area contributed by atoms with Gasteiger partial charge in [-0.3, -0.25) is 9.78 Å². The average molecular weight is 340 g/mol. The predicted octanol–water partition coefficient (Wildman–Crippen LogP) is 1.84. The summed E-state index contributed by atoms with van der Waals surface area (Å²) in [6, 6.07) is 10.5. The van der Waals surface area contributed by atoms with Crippen LogP contribution < -0.4 is 14.8 Å². The van der Waals surface area contributed by atoms with Crippen LogP contribution in [0.5, 0.6) is 11.5 Å². The van der Waals surface area contributed by atoms with Gasteiger partial charge in [0.25, 0.3) is 5.91 Å². The van der Waals surface area contributed by atoms with E-state index in [0.29, 0.717) is 17.5 Å². The Kier molecular flexibility index (Phi) is 5.20. The number of amides is 1. The Bertz CT molecular complexity index is 818. The van der Waals surface area contributed by atoms with Crippen LogP contribution in [0.25, 0.3) is 11.4 Å². The van der Waals surface area contributed by atoms with Crippen LogP contribution in [0.3, 0.4) is 0 Å². The van der Waals surface area contributed by atoms with Gasteiger partial charge in [-0.15, -0.1) is 0 Å². The van der Waals surface area contributed by atoms with Gasteiger partial charge in [-0.05, 0) is 36.4 Å². The summed E-state index contributed by atoms with van der Waals surface area (Å²) in [4.78, 5) is 20.0. The monoisotopic (exact) mass is 340 g/mol. The Hall–Kier alpha value is -3.42. The zero-order chi connectivity index (χ0) is 17.5. The average Bonchev–Trinajstić information content (AvgIpc) is 3.15. The van der Waals surface area contributed by atoms with Gasteiger partial charge in [-0.2, -0.15) is 4.98 Å². The maximum Gasteiger partial charge on any atom is 0.258 e. The van der Waals surface area contributed by atoms with Gasteiger partial charge in [-0.1, -0.05) is 5.16 Å². The van der Waals surface area contributed by atoms with Gasteiger partial charge in [0.1, 0.15) is 11.5 Å². The zero-order valence-electron chi connectivity index (χ0n) is 13.5. The molecule has 0 spiro atoms. The fourth-order valence-electron chi connectivity index (χ4n) is 1.99. The number of hydrogen-bond donors (Lipinski definition) is 1. The Labute approximate surface area is 143 Å². The van der Waals surface area contributed by atoms with Gasteiger partial charge in [0, 0.05) is 18.0 Å². The SMILES string of the molecule is COc1ccc(OCC(=O)NCc2nc(-c3ccncc3)no2)cc1. The second kappa shape index (κ2) is 7.91. The van der Waals surface area contributed by atoms with Crippen molar-refractivity contribution >= 4 is 5.91 Å². The quantitative estimate of drug-likeness (QED) is 0.700. The van der Waals surface area contributed by atoms with E-state index in [1.54, 1.807) is 55.9 Å². The molecule has 128 valence electrons. The molecule has 0 saturated heterocycles. The fraction of sp³-hybridized carbons (Fsp3) is 0.176. The molecule has 8 heteroatoms. The maximum absolute atomic E-state index is 11.8. The summed E-state index contributed by atoms with van der Waals surface area (Å²) < 4.78 is 15.6. The van der Waals surface area contributed by atoms with Crippen LogP contribution in [0.4, 0.5) is 0 Å². The van der Waals surface area contributed by atoms with Crippen molar-refractivity contribution in [1.29, 1.82) is 0 Å². The minimum atomic E-state index is -0.292. The van der Waals surface area contributed by atoms with Crippen molar-refractivity contribution < 1.29 is 18.8 Å². The molecule has 25 heavy (non-hydrogen) atoms. The molecular formula is C17H16N4O4. The smallest absolute Gasteiger partial charge is 0.258 e. The highest BCUT2D eigenvalue weighted by Crippen LogP contribution is 2.17. The number of benzene rings is 1. The lowest BCUT2D eigenvalue weighted by Crippen LogP contribution is -2.28. The Morgan fingerprint density at radius 3 is 2.56 bits per heavy atom. The maximum atomic E-state index is 11.8. The van der Waals surface area contributed by atoms with Gasteiger partial charge in [0.2, 0.25) is 11.7 Å². The number of nitrogens with zero attached hydrogens (tertiary/aromatic N) is 3. The third-order valence-corrected chi connectivity index (χ3v) is 3.27. The number of rotatable bonds is 7. The van der Waals surface area contributed by atoms with Crippen molar-refractivity contribution in [3.63, 3.8) is 0 Å². The first-order valence-electron chi connectivity index (χ1n) is 7.51. The van der Waals surface area contributed by atoms with Gasteiger partial charge in [-0.25, -0.2) is 0 Å². The van der Waals surface area contributed by atoms with Crippen molar-refractivity contribution in [2.24, 2.45) is 0 Å². The van der Waals surface area contributed by atoms with Crippen molar-refractivity contribution in [2.75, 3.05) is 13.7 Å². The standard InChI is InChI=1S/C17H16N4O4/c1-23-13-2-4-14(5-3-13)24-11-15(22)19-10-16-20-17(21-25-16)12-6-8-18-9-7-12/h2-9H,10-11H2,1H3,(H,19,22). The highest BCUT2D eigenvalue weighted by molar-refractivity contribution is 5.77. The lowest BCUT2D eigenvalue weighted by Gasteiger charge is -2.06. The molecule has 2 heterocycles. The van der Waals surface area contributed by atoms with Crippen LogP contribution >= 0.6 is 0 Å². The molecule has 8 nitrogen and oxygen atoms in total. The number of nitrogens with one attached hydrogen (secondary N) is 1. The molecule has 0 aliphatic rings. The van der Waals surface area contributed by atoms with E-state index in [9.17, 15) is 4.79 Å². The van der Waals surface area contributed by atoms with Crippen LogP contribution in [0.1, 0.15) is 5.89 Å². The van der Waals surface area contributed by atoms with Gasteiger partial charge < -0.3 is 19.3 Å². The highest BCUT2D eigenvalue weighted by Gasteiger charge is 2.10. The zero-order valence-corrected chi connectivity index (χ0v) is 13.5. The van der Waals surface area contributed by atoms with Gasteiger partial charge >= 0.3 is 0 Å². The minimum Gasteiger partial charge on any atom is -0.497 e. The molecule has 0 bridgehead atoms. The third-order valence-electron chi connectivity index (χ3n) is 3.27. The molecule has 0 radical (unpaired) electrons. The molecule has 0 unspecified atom stereocenters. The van der Waals surface area contributed by atoms with Gasteiger partial charge in [0.05, 0.1) is 13.7 Å². The summed E-state index contributed by atoms with van der Waals surface area (Å²) in [5.41, 5.74) is 0.791. The van der Waals surface area contributed by atoms with Crippen molar-refractivity contribution in [3.8, 4) is 22.9 Å². The first-order chi connectivity index (χ1) is 12.2. The van der Waals surface area contributed by atoms with E-state index in [1.165, 1.54) is 0 Å². The van der Waals surface area contributed by atoms with E-state index in [2.05, 4.69) is 20.4 Å². The minimum absolute atomic E-state index is 0.113. The van der Waals surface area contributed by atoms with Crippen molar-refractivity contribution in [3.05, 3.63) is 54.7 Å². The van der Waals surface area contributed by atoms with Crippen molar-refractivity contribution in [2.45, 2.75) is 6.54 Å². The van der Waals surface area contributed by atoms with Crippen LogP contribution in [-0.4, -0.2) is 34.7 Å². The molecule has 3 aromatic rings.